The van der Waals surface area contributed by atoms with Gasteiger partial charge >= 0.3 is 0 Å². The van der Waals surface area contributed by atoms with Gasteiger partial charge in [-0.15, -0.1) is 0 Å². The SMILES string of the molecule is CC(O)[C@@H]1NC(=O)[C@H](CCCCN)NC(=O)[C@@H](Cc2ccc(C(N)=O)cc2)NC(=O)[C@H](Cc2ccc(O)cc2)NC(=O)[C@H](NC(=O)[C@@H](N)Cc2ccc(Cl)cc2)CSC(=O)NC[C@@H](C(=O)N[C@H](Cc2ccc(O)cc2)C(N)=O)NC1=O. The highest BCUT2D eigenvalue weighted by Crippen LogP contribution is 2.17. The Morgan fingerprint density at radius 3 is 1.72 bits per heavy atom. The van der Waals surface area contributed by atoms with Gasteiger partial charge in [-0.05, 0) is 110 Å². The van der Waals surface area contributed by atoms with Crippen LogP contribution < -0.4 is 65.5 Å². The molecule has 1 fully saturated rings. The minimum absolute atomic E-state index is 0.0306. The van der Waals surface area contributed by atoms with E-state index >= 15 is 0 Å². The molecule has 5 rings (SSSR count). The second kappa shape index (κ2) is 30.9. The van der Waals surface area contributed by atoms with Gasteiger partial charge in [0.05, 0.1) is 12.1 Å². The van der Waals surface area contributed by atoms with E-state index in [4.69, 9.17) is 34.5 Å². The predicted molar refractivity (Wildman–Crippen MR) is 299 cm³/mol. The molecule has 4 aromatic rings. The van der Waals surface area contributed by atoms with E-state index in [0.717, 1.165) is 6.92 Å². The number of phenolic OH excluding ortho intramolecular Hbond substituents is 2. The zero-order valence-electron chi connectivity index (χ0n) is 44.0. The van der Waals surface area contributed by atoms with Gasteiger partial charge in [0, 0.05) is 42.1 Å². The monoisotopic (exact) mass is 1160 g/mol. The van der Waals surface area contributed by atoms with Crippen molar-refractivity contribution in [1.29, 1.82) is 0 Å². The first-order chi connectivity index (χ1) is 38.5. The van der Waals surface area contributed by atoms with Crippen LogP contribution in [0.4, 0.5) is 4.79 Å². The minimum atomic E-state index is -1.85. The van der Waals surface area contributed by atoms with Crippen LogP contribution in [-0.2, 0) is 64.0 Å². The summed E-state index contributed by atoms with van der Waals surface area (Å²) in [6.45, 7) is 0.601. The normalized spacial score (nSPS) is 20.9. The Morgan fingerprint density at radius 2 is 1.17 bits per heavy atom. The number of halogens is 1. The molecule has 0 aromatic heterocycles. The number of amides is 10. The quantitative estimate of drug-likeness (QED) is 0.0465. The third-order valence-electron chi connectivity index (χ3n) is 12.8. The van der Waals surface area contributed by atoms with Crippen molar-refractivity contribution in [2.24, 2.45) is 22.9 Å². The van der Waals surface area contributed by atoms with Crippen LogP contribution in [0.3, 0.4) is 0 Å². The average Bonchev–Trinajstić information content (AvgIpc) is 3.44. The van der Waals surface area contributed by atoms with Gasteiger partial charge < -0.3 is 80.8 Å². The van der Waals surface area contributed by atoms with E-state index in [1.165, 1.54) is 72.8 Å². The summed E-state index contributed by atoms with van der Waals surface area (Å²) in [5.74, 6) is -9.58. The summed E-state index contributed by atoms with van der Waals surface area (Å²) in [4.78, 5) is 139. The van der Waals surface area contributed by atoms with Gasteiger partial charge in [0.2, 0.25) is 53.2 Å². The smallest absolute Gasteiger partial charge is 0.279 e. The summed E-state index contributed by atoms with van der Waals surface area (Å²) in [7, 11) is 0. The fourth-order valence-electron chi connectivity index (χ4n) is 8.22. The van der Waals surface area contributed by atoms with Crippen molar-refractivity contribution in [3.63, 3.8) is 0 Å². The molecule has 0 radical (unpaired) electrons. The zero-order chi connectivity index (χ0) is 59.3. The summed E-state index contributed by atoms with van der Waals surface area (Å²) in [5, 5.41) is 50.5. The lowest BCUT2D eigenvalue weighted by Crippen LogP contribution is -2.63. The van der Waals surface area contributed by atoms with Crippen LogP contribution in [0.2, 0.25) is 5.02 Å². The number of thioether (sulfide) groups is 1. The Morgan fingerprint density at radius 1 is 0.667 bits per heavy atom. The van der Waals surface area contributed by atoms with Crippen molar-refractivity contribution < 1.29 is 63.3 Å². The first-order valence-electron chi connectivity index (χ1n) is 25.6. The molecule has 81 heavy (non-hydrogen) atoms. The Balaban J connectivity index is 1.58. The van der Waals surface area contributed by atoms with Gasteiger partial charge in [-0.25, -0.2) is 0 Å². The molecule has 19 N–H and O–H groups in total. The summed E-state index contributed by atoms with van der Waals surface area (Å²) in [6.07, 6.45) is -1.99. The number of carbonyl (C=O) groups is 10. The second-order valence-corrected chi connectivity index (χ2v) is 20.6. The molecule has 27 heteroatoms. The van der Waals surface area contributed by atoms with Crippen LogP contribution >= 0.6 is 23.4 Å². The number of unbranched alkanes of at least 4 members (excludes halogenated alkanes) is 1. The number of benzene rings is 4. The van der Waals surface area contributed by atoms with Gasteiger partial charge in [0.15, 0.2) is 0 Å². The Hall–Kier alpha value is -8.30. The number of aliphatic hydroxyl groups is 1. The van der Waals surface area contributed by atoms with Crippen molar-refractivity contribution >= 4 is 81.8 Å². The highest BCUT2D eigenvalue weighted by atomic mass is 35.5. The molecule has 1 heterocycles. The molecule has 434 valence electrons. The van der Waals surface area contributed by atoms with Crippen LogP contribution in [0.5, 0.6) is 11.5 Å². The Kier molecular flexibility index (Phi) is 24.2. The number of nitrogens with two attached hydrogens (primary N) is 4. The molecule has 0 aliphatic carbocycles. The van der Waals surface area contributed by atoms with Gasteiger partial charge in [-0.2, -0.15) is 0 Å². The number of carbonyl (C=O) groups excluding carboxylic acids is 10. The maximum absolute atomic E-state index is 14.7. The number of nitrogens with one attached hydrogen (secondary N) is 8. The van der Waals surface area contributed by atoms with E-state index in [1.54, 1.807) is 24.3 Å². The summed E-state index contributed by atoms with van der Waals surface area (Å²) in [5.41, 5.74) is 25.2. The molecule has 9 atom stereocenters. The summed E-state index contributed by atoms with van der Waals surface area (Å²) in [6, 6.07) is 10.8. The summed E-state index contributed by atoms with van der Waals surface area (Å²) < 4.78 is 0. The van der Waals surface area contributed by atoms with E-state index < -0.39 is 125 Å². The summed E-state index contributed by atoms with van der Waals surface area (Å²) >= 11 is 6.48. The van der Waals surface area contributed by atoms with E-state index in [2.05, 4.69) is 42.5 Å². The average molecular weight is 1160 g/mol. The van der Waals surface area contributed by atoms with Gasteiger partial charge in [-0.1, -0.05) is 71.9 Å². The lowest BCUT2D eigenvalue weighted by atomic mass is 10.00. The minimum Gasteiger partial charge on any atom is -0.508 e. The number of hydrogen-bond donors (Lipinski definition) is 15. The van der Waals surface area contributed by atoms with Crippen LogP contribution in [0, 0.1) is 0 Å². The lowest BCUT2D eigenvalue weighted by Gasteiger charge is -2.28. The Bertz CT molecular complexity index is 2870. The number of phenols is 2. The van der Waals surface area contributed by atoms with E-state index in [0.29, 0.717) is 45.5 Å². The molecular formula is C54H67ClN12O13S. The van der Waals surface area contributed by atoms with Crippen molar-refractivity contribution in [3.05, 3.63) is 130 Å². The van der Waals surface area contributed by atoms with Crippen molar-refractivity contribution in [2.45, 2.75) is 106 Å². The number of rotatable bonds is 19. The van der Waals surface area contributed by atoms with Crippen molar-refractivity contribution in [2.75, 3.05) is 18.8 Å². The third kappa shape index (κ3) is 20.4. The molecule has 10 amide bonds. The van der Waals surface area contributed by atoms with E-state index in [-0.39, 0.29) is 62.1 Å². The zero-order valence-corrected chi connectivity index (χ0v) is 45.6. The van der Waals surface area contributed by atoms with Crippen LogP contribution in [0.15, 0.2) is 97.1 Å². The molecule has 0 saturated carbocycles. The highest BCUT2D eigenvalue weighted by Gasteiger charge is 2.37. The van der Waals surface area contributed by atoms with Crippen LogP contribution in [0.1, 0.15) is 58.8 Å². The topological polar surface area (TPSA) is 432 Å². The largest absolute Gasteiger partial charge is 0.508 e. The second-order valence-electron chi connectivity index (χ2n) is 19.2. The molecule has 1 unspecified atom stereocenters. The lowest BCUT2D eigenvalue weighted by molar-refractivity contribution is -0.137. The molecule has 1 aliphatic rings. The first-order valence-corrected chi connectivity index (χ1v) is 27.0. The molecule has 25 nitrogen and oxygen atoms in total. The molecule has 1 aliphatic heterocycles. The van der Waals surface area contributed by atoms with Gasteiger partial charge in [-0.3, -0.25) is 47.9 Å². The highest BCUT2D eigenvalue weighted by molar-refractivity contribution is 8.13. The fraction of sp³-hybridized carbons (Fsp3) is 0.370. The van der Waals surface area contributed by atoms with Crippen molar-refractivity contribution in [3.8, 4) is 11.5 Å². The number of hydrogen-bond acceptors (Lipinski definition) is 16. The van der Waals surface area contributed by atoms with Crippen molar-refractivity contribution in [1.82, 2.24) is 42.5 Å². The number of aromatic hydroxyl groups is 2. The van der Waals surface area contributed by atoms with Gasteiger partial charge in [0.25, 0.3) is 5.24 Å². The van der Waals surface area contributed by atoms with Gasteiger partial charge in [0.1, 0.15) is 53.8 Å². The molecular weight excluding hydrogens is 1090 g/mol. The third-order valence-corrected chi connectivity index (χ3v) is 14.0. The molecule has 1 saturated heterocycles. The van der Waals surface area contributed by atoms with E-state index in [9.17, 15) is 63.3 Å². The number of primary amides is 2. The van der Waals surface area contributed by atoms with E-state index in [1.807, 2.05) is 0 Å². The molecule has 0 bridgehead atoms. The van der Waals surface area contributed by atoms with Crippen LogP contribution in [0.25, 0.3) is 0 Å². The fourth-order valence-corrected chi connectivity index (χ4v) is 9.09. The number of aliphatic hydroxyl groups excluding tert-OH is 1. The Labute approximate surface area is 475 Å². The molecule has 0 spiro atoms. The predicted octanol–water partition coefficient (Wildman–Crippen LogP) is -1.71. The maximum atomic E-state index is 14.7. The molecule has 4 aromatic carbocycles. The van der Waals surface area contributed by atoms with Crippen LogP contribution in [-0.4, -0.2) is 147 Å². The first kappa shape index (κ1) is 63.5. The maximum Gasteiger partial charge on any atom is 0.279 e. The standard InChI is InChI=1S/C54H67ClN12O13S/c1-28(68)44-53(79)65-42(51(77)62-39(46(59)72)23-31-9-17-35(69)18-10-31)26-60-54(80)81-27-43(66-47(73)37(57)22-29-7-15-34(55)16-8-29)52(78)64-41(25-32-11-19-36(70)20-12-32)50(76)63-40(24-30-5-13-33(14-6-30)45(58)71)49(75)61-38(48(74)67-44)4-2-3-21-56/h5-20,28,37-44,68-70H,2-4,21-27,56-57H2,1H3,(H2,58,71)(H2,59,72)(H,60,80)(H,61,75)(H,62,77)(H,63,76)(H,64,78)(H,65,79)(H,66,73)(H,67,74)/t28?,37-,38-,39+,40+,41-,42-,43+,44-/m0/s1.